The van der Waals surface area contributed by atoms with E-state index in [4.69, 9.17) is 4.74 Å². The first-order valence-electron chi connectivity index (χ1n) is 8.42. The quantitative estimate of drug-likeness (QED) is 0.558. The minimum absolute atomic E-state index is 0.261. The van der Waals surface area contributed by atoms with Gasteiger partial charge < -0.3 is 14.2 Å². The van der Waals surface area contributed by atoms with Gasteiger partial charge in [-0.1, -0.05) is 34.1 Å². The van der Waals surface area contributed by atoms with Crippen molar-refractivity contribution in [1.82, 2.24) is 9.47 Å². The van der Waals surface area contributed by atoms with E-state index in [0.29, 0.717) is 12.1 Å². The molecule has 0 radical (unpaired) electrons. The van der Waals surface area contributed by atoms with Crippen molar-refractivity contribution in [1.29, 1.82) is 0 Å². The standard InChI is InChI=1S/C21H19BrN2O3/c1-23(14-17-6-2-3-7-19(17)22)20(25)15-27-21(26)16-8-10-18(11-9-16)24-12-4-5-13-24/h2-13H,14-15H2,1H3. The van der Waals surface area contributed by atoms with Gasteiger partial charge in [0.05, 0.1) is 5.56 Å². The molecule has 6 heteroatoms. The first-order chi connectivity index (χ1) is 13.0. The number of amides is 1. The Morgan fingerprint density at radius 3 is 2.33 bits per heavy atom. The predicted molar refractivity (Wildman–Crippen MR) is 107 cm³/mol. The SMILES string of the molecule is CN(Cc1ccccc1Br)C(=O)COC(=O)c1ccc(-n2cccc2)cc1. The molecule has 0 atom stereocenters. The molecule has 0 bridgehead atoms. The number of likely N-dealkylation sites (N-methyl/N-ethyl adjacent to an activating group) is 1. The van der Waals surface area contributed by atoms with Crippen molar-refractivity contribution < 1.29 is 14.3 Å². The van der Waals surface area contributed by atoms with Crippen LogP contribution in [0, 0.1) is 0 Å². The van der Waals surface area contributed by atoms with E-state index >= 15 is 0 Å². The van der Waals surface area contributed by atoms with Crippen molar-refractivity contribution in [2.24, 2.45) is 0 Å². The highest BCUT2D eigenvalue weighted by Gasteiger charge is 2.14. The Morgan fingerprint density at radius 1 is 1.00 bits per heavy atom. The Kier molecular flexibility index (Phi) is 6.08. The summed E-state index contributed by atoms with van der Waals surface area (Å²) < 4.78 is 8.04. The van der Waals surface area contributed by atoms with Gasteiger partial charge in [-0.15, -0.1) is 0 Å². The zero-order chi connectivity index (χ0) is 19.2. The summed E-state index contributed by atoms with van der Waals surface area (Å²) in [6, 6.07) is 18.6. The van der Waals surface area contributed by atoms with E-state index in [1.807, 2.05) is 65.5 Å². The van der Waals surface area contributed by atoms with Gasteiger partial charge >= 0.3 is 5.97 Å². The highest BCUT2D eigenvalue weighted by molar-refractivity contribution is 9.10. The van der Waals surface area contributed by atoms with E-state index in [1.165, 1.54) is 4.90 Å². The van der Waals surface area contributed by atoms with Crippen molar-refractivity contribution in [3.05, 3.63) is 88.7 Å². The maximum atomic E-state index is 12.2. The predicted octanol–water partition coefficient (Wildman–Crippen LogP) is 4.06. The topological polar surface area (TPSA) is 51.5 Å². The summed E-state index contributed by atoms with van der Waals surface area (Å²) in [7, 11) is 1.68. The van der Waals surface area contributed by atoms with E-state index in [9.17, 15) is 9.59 Å². The van der Waals surface area contributed by atoms with Gasteiger partial charge in [-0.2, -0.15) is 0 Å². The van der Waals surface area contributed by atoms with Crippen LogP contribution < -0.4 is 0 Å². The molecule has 0 aliphatic carbocycles. The Bertz CT molecular complexity index is 921. The number of rotatable bonds is 6. The van der Waals surface area contributed by atoms with Crippen molar-refractivity contribution in [3.8, 4) is 5.69 Å². The van der Waals surface area contributed by atoms with Gasteiger partial charge in [-0.25, -0.2) is 4.79 Å². The normalized spacial score (nSPS) is 10.4. The van der Waals surface area contributed by atoms with Crippen LogP contribution in [-0.2, 0) is 16.1 Å². The molecular weight excluding hydrogens is 408 g/mol. The lowest BCUT2D eigenvalue weighted by atomic mass is 10.2. The molecule has 1 aromatic heterocycles. The fourth-order valence-corrected chi connectivity index (χ4v) is 2.98. The summed E-state index contributed by atoms with van der Waals surface area (Å²) in [5.74, 6) is -0.778. The molecule has 5 nitrogen and oxygen atoms in total. The van der Waals surface area contributed by atoms with Gasteiger partial charge in [0.1, 0.15) is 0 Å². The Balaban J connectivity index is 1.53. The van der Waals surface area contributed by atoms with Crippen LogP contribution in [-0.4, -0.2) is 35.0 Å². The van der Waals surface area contributed by atoms with Gasteiger partial charge in [0.25, 0.3) is 5.91 Å². The largest absolute Gasteiger partial charge is 0.452 e. The highest BCUT2D eigenvalue weighted by atomic mass is 79.9. The maximum absolute atomic E-state index is 12.2. The lowest BCUT2D eigenvalue weighted by molar-refractivity contribution is -0.133. The van der Waals surface area contributed by atoms with Crippen LogP contribution in [0.1, 0.15) is 15.9 Å². The second-order valence-corrected chi connectivity index (χ2v) is 6.91. The number of hydrogen-bond donors (Lipinski definition) is 0. The van der Waals surface area contributed by atoms with Crippen LogP contribution in [0.3, 0.4) is 0 Å². The fourth-order valence-electron chi connectivity index (χ4n) is 2.57. The van der Waals surface area contributed by atoms with Crippen LogP contribution >= 0.6 is 15.9 Å². The van der Waals surface area contributed by atoms with Crippen LogP contribution in [0.4, 0.5) is 0 Å². The molecule has 1 heterocycles. The molecule has 2 aromatic carbocycles. The number of carbonyl (C=O) groups excluding carboxylic acids is 2. The van der Waals surface area contributed by atoms with E-state index in [0.717, 1.165) is 15.7 Å². The number of esters is 1. The molecule has 0 spiro atoms. The van der Waals surface area contributed by atoms with Gasteiger partial charge in [-0.05, 0) is 48.0 Å². The number of hydrogen-bond acceptors (Lipinski definition) is 3. The molecule has 0 unspecified atom stereocenters. The molecule has 138 valence electrons. The molecule has 3 aromatic rings. The van der Waals surface area contributed by atoms with Crippen molar-refractivity contribution in [3.63, 3.8) is 0 Å². The van der Waals surface area contributed by atoms with Crippen LogP contribution in [0.2, 0.25) is 0 Å². The Hall–Kier alpha value is -2.86. The number of aromatic nitrogens is 1. The van der Waals surface area contributed by atoms with Gasteiger partial charge in [0.2, 0.25) is 0 Å². The zero-order valence-electron chi connectivity index (χ0n) is 14.8. The highest BCUT2D eigenvalue weighted by Crippen LogP contribution is 2.17. The number of benzene rings is 2. The third kappa shape index (κ3) is 4.86. The summed E-state index contributed by atoms with van der Waals surface area (Å²) in [6.07, 6.45) is 3.85. The third-order valence-corrected chi connectivity index (χ3v) is 4.90. The molecule has 0 saturated carbocycles. The lowest BCUT2D eigenvalue weighted by Crippen LogP contribution is -2.31. The van der Waals surface area contributed by atoms with Crippen molar-refractivity contribution in [2.75, 3.05) is 13.7 Å². The van der Waals surface area contributed by atoms with Gasteiger partial charge in [0, 0.05) is 36.1 Å². The molecule has 0 aliphatic heterocycles. The van der Waals surface area contributed by atoms with Crippen molar-refractivity contribution >= 4 is 27.8 Å². The zero-order valence-corrected chi connectivity index (χ0v) is 16.4. The summed E-state index contributed by atoms with van der Waals surface area (Å²) >= 11 is 3.46. The van der Waals surface area contributed by atoms with Crippen LogP contribution in [0.15, 0.2) is 77.5 Å². The Labute approximate surface area is 166 Å². The average molecular weight is 427 g/mol. The van der Waals surface area contributed by atoms with E-state index in [1.54, 1.807) is 19.2 Å². The van der Waals surface area contributed by atoms with Gasteiger partial charge in [-0.3, -0.25) is 4.79 Å². The Morgan fingerprint density at radius 2 is 1.67 bits per heavy atom. The molecule has 3 rings (SSSR count). The monoisotopic (exact) mass is 426 g/mol. The van der Waals surface area contributed by atoms with Crippen LogP contribution in [0.25, 0.3) is 5.69 Å². The molecular formula is C21H19BrN2O3. The molecule has 1 amide bonds. The molecule has 0 fully saturated rings. The number of carbonyl (C=O) groups is 2. The number of ether oxygens (including phenoxy) is 1. The molecule has 0 aliphatic rings. The molecule has 0 N–H and O–H groups in total. The summed E-state index contributed by atoms with van der Waals surface area (Å²) in [4.78, 5) is 25.9. The minimum Gasteiger partial charge on any atom is -0.452 e. The second kappa shape index (κ2) is 8.68. The lowest BCUT2D eigenvalue weighted by Gasteiger charge is -2.18. The third-order valence-electron chi connectivity index (χ3n) is 4.12. The first-order valence-corrected chi connectivity index (χ1v) is 9.22. The summed E-state index contributed by atoms with van der Waals surface area (Å²) in [5, 5.41) is 0. The van der Waals surface area contributed by atoms with Crippen molar-refractivity contribution in [2.45, 2.75) is 6.54 Å². The maximum Gasteiger partial charge on any atom is 0.338 e. The number of halogens is 1. The summed E-state index contributed by atoms with van der Waals surface area (Å²) in [5.41, 5.74) is 2.34. The summed E-state index contributed by atoms with van der Waals surface area (Å²) in [6.45, 7) is 0.141. The molecule has 27 heavy (non-hydrogen) atoms. The number of nitrogens with zero attached hydrogens (tertiary/aromatic N) is 2. The van der Waals surface area contributed by atoms with E-state index < -0.39 is 5.97 Å². The second-order valence-electron chi connectivity index (χ2n) is 6.05. The van der Waals surface area contributed by atoms with Gasteiger partial charge in [0.15, 0.2) is 6.61 Å². The average Bonchev–Trinajstić information content (AvgIpc) is 3.22. The van der Waals surface area contributed by atoms with E-state index in [2.05, 4.69) is 15.9 Å². The van der Waals surface area contributed by atoms with E-state index in [-0.39, 0.29) is 12.5 Å². The van der Waals surface area contributed by atoms with Crippen LogP contribution in [0.5, 0.6) is 0 Å². The first kappa shape index (κ1) is 18.9. The fraction of sp³-hybridized carbons (Fsp3) is 0.143. The molecule has 0 saturated heterocycles. The minimum atomic E-state index is -0.517. The smallest absolute Gasteiger partial charge is 0.338 e.